The molecule has 2 aromatic carbocycles. The highest BCUT2D eigenvalue weighted by molar-refractivity contribution is 7.89. The summed E-state index contributed by atoms with van der Waals surface area (Å²) in [6, 6.07) is 14.1. The Hall–Kier alpha value is -3.78. The van der Waals surface area contributed by atoms with Crippen LogP contribution in [-0.2, 0) is 21.3 Å². The molecule has 3 aromatic rings. The number of nitro groups is 1. The maximum atomic E-state index is 13.6. The average Bonchev–Trinajstić information content (AvgIpc) is 3.63. The summed E-state index contributed by atoms with van der Waals surface area (Å²) in [5, 5.41) is 25.1. The summed E-state index contributed by atoms with van der Waals surface area (Å²) in [6.45, 7) is -0.551. The van der Waals surface area contributed by atoms with Crippen molar-refractivity contribution in [2.75, 3.05) is 6.54 Å². The number of benzene rings is 2. The molecule has 208 valence electrons. The summed E-state index contributed by atoms with van der Waals surface area (Å²) in [4.78, 5) is 28.6. The second kappa shape index (κ2) is 12.8. The fourth-order valence-electron chi connectivity index (χ4n) is 4.26. The maximum absolute atomic E-state index is 13.6. The highest BCUT2D eigenvalue weighted by Crippen LogP contribution is 2.27. The lowest BCUT2D eigenvalue weighted by molar-refractivity contribution is -0.385. The first-order valence-electron chi connectivity index (χ1n) is 12.4. The molecule has 1 saturated carbocycles. The van der Waals surface area contributed by atoms with Gasteiger partial charge in [-0.05, 0) is 30.9 Å². The maximum Gasteiger partial charge on any atom is 0.413 e. The molecule has 1 fully saturated rings. The van der Waals surface area contributed by atoms with Crippen molar-refractivity contribution < 1.29 is 37.2 Å². The zero-order chi connectivity index (χ0) is 27.8. The molecule has 1 amide bonds. The summed E-state index contributed by atoms with van der Waals surface area (Å²) < 4.78 is 37.9. The van der Waals surface area contributed by atoms with Gasteiger partial charge < -0.3 is 19.6 Å². The van der Waals surface area contributed by atoms with Crippen LogP contribution in [0.3, 0.4) is 0 Å². The van der Waals surface area contributed by atoms with E-state index in [9.17, 15) is 28.4 Å². The Kier molecular flexibility index (Phi) is 9.30. The minimum absolute atomic E-state index is 0.149. The number of rotatable bonds is 12. The predicted octanol–water partition coefficient (Wildman–Crippen LogP) is 3.81. The molecule has 1 aromatic heterocycles. The van der Waals surface area contributed by atoms with E-state index in [0.29, 0.717) is 17.3 Å². The Balaban J connectivity index is 1.59. The van der Waals surface area contributed by atoms with Crippen molar-refractivity contribution in [3.8, 4) is 5.75 Å². The fourth-order valence-corrected chi connectivity index (χ4v) is 5.60. The third-order valence-electron chi connectivity index (χ3n) is 6.27. The van der Waals surface area contributed by atoms with Crippen LogP contribution in [0.1, 0.15) is 31.2 Å². The lowest BCUT2D eigenvalue weighted by Gasteiger charge is -2.30. The van der Waals surface area contributed by atoms with E-state index in [4.69, 9.17) is 14.0 Å². The van der Waals surface area contributed by atoms with Gasteiger partial charge in [-0.25, -0.2) is 13.2 Å². The largest absolute Gasteiger partial charge is 0.469 e. The van der Waals surface area contributed by atoms with Gasteiger partial charge in [-0.3, -0.25) is 15.0 Å². The van der Waals surface area contributed by atoms with Crippen LogP contribution in [-0.4, -0.2) is 53.8 Å². The van der Waals surface area contributed by atoms with Gasteiger partial charge in [0.25, 0.3) is 15.7 Å². The van der Waals surface area contributed by atoms with Gasteiger partial charge >= 0.3 is 6.09 Å². The number of furan rings is 1. The number of nitrogens with zero attached hydrogens (tertiary/aromatic N) is 2. The topological polar surface area (TPSA) is 161 Å². The predicted molar refractivity (Wildman–Crippen MR) is 138 cm³/mol. The van der Waals surface area contributed by atoms with Gasteiger partial charge in [-0.1, -0.05) is 53.7 Å². The third-order valence-corrected chi connectivity index (χ3v) is 7.89. The number of hydrogen-bond donors (Lipinski definition) is 2. The molecule has 2 atom stereocenters. The summed E-state index contributed by atoms with van der Waals surface area (Å²) in [7, 11) is -4.43. The molecule has 0 unspecified atom stereocenters. The second-order valence-electron chi connectivity index (χ2n) is 9.11. The molecule has 1 aliphatic carbocycles. The second-order valence-corrected chi connectivity index (χ2v) is 10.9. The molecule has 0 spiro atoms. The van der Waals surface area contributed by atoms with Crippen molar-refractivity contribution in [1.82, 2.24) is 9.79 Å². The summed E-state index contributed by atoms with van der Waals surface area (Å²) in [5.74, 6) is 0.153. The van der Waals surface area contributed by atoms with Crippen LogP contribution in [0, 0.1) is 10.1 Å². The van der Waals surface area contributed by atoms with E-state index >= 15 is 0 Å². The molecular weight excluding hydrogens is 530 g/mol. The number of sulfonamides is 1. The number of amides is 1. The van der Waals surface area contributed by atoms with E-state index in [1.54, 1.807) is 24.3 Å². The number of nitrogens with one attached hydrogen (secondary N) is 1. The highest BCUT2D eigenvalue weighted by Gasteiger charge is 2.35. The minimum atomic E-state index is -4.43. The van der Waals surface area contributed by atoms with E-state index < -0.39 is 51.5 Å². The van der Waals surface area contributed by atoms with Crippen LogP contribution < -0.4 is 10.1 Å². The van der Waals surface area contributed by atoms with Crippen LogP contribution in [0.25, 0.3) is 0 Å². The Morgan fingerprint density at radius 3 is 2.56 bits per heavy atom. The number of hydroxylamine groups is 1. The normalized spacial score (nSPS) is 15.6. The molecule has 4 rings (SSSR count). The van der Waals surface area contributed by atoms with Crippen molar-refractivity contribution in [1.29, 1.82) is 0 Å². The molecule has 0 saturated heterocycles. The van der Waals surface area contributed by atoms with Crippen molar-refractivity contribution in [2.24, 2.45) is 0 Å². The van der Waals surface area contributed by atoms with Crippen LogP contribution in [0.5, 0.6) is 5.75 Å². The van der Waals surface area contributed by atoms with Crippen LogP contribution >= 0.6 is 0 Å². The van der Waals surface area contributed by atoms with E-state index in [2.05, 4.69) is 5.32 Å². The molecule has 1 aliphatic rings. The fraction of sp³-hybridized carbons (Fsp3) is 0.346. The zero-order valence-electron chi connectivity index (χ0n) is 20.9. The van der Waals surface area contributed by atoms with E-state index in [1.165, 1.54) is 36.8 Å². The Bertz CT molecular complexity index is 1340. The Labute approximate surface area is 225 Å². The first-order chi connectivity index (χ1) is 18.7. The van der Waals surface area contributed by atoms with Crippen molar-refractivity contribution in [2.45, 2.75) is 55.2 Å². The number of carbonyl (C=O) groups excluding carboxylic acids is 1. The van der Waals surface area contributed by atoms with E-state index in [-0.39, 0.29) is 17.1 Å². The van der Waals surface area contributed by atoms with Gasteiger partial charge in [0.2, 0.25) is 0 Å². The first kappa shape index (κ1) is 28.2. The number of hydrogen-bond acceptors (Lipinski definition) is 9. The molecule has 0 radical (unpaired) electrons. The first-order valence-corrected chi connectivity index (χ1v) is 13.8. The summed E-state index contributed by atoms with van der Waals surface area (Å²) >= 11 is 0. The smallest absolute Gasteiger partial charge is 0.413 e. The SMILES string of the molecule is O=C(N[C@@H](Cc1ccccc1)[C@@H](O)CN(OC1CCCC1)S(=O)(=O)c1cccc([N+](=O)[O-])c1)Oc1ccoc1. The van der Waals surface area contributed by atoms with Crippen molar-refractivity contribution in [3.05, 3.63) is 88.9 Å². The highest BCUT2D eigenvalue weighted by atomic mass is 32.2. The van der Waals surface area contributed by atoms with Gasteiger partial charge in [0.1, 0.15) is 6.26 Å². The Morgan fingerprint density at radius 1 is 1.15 bits per heavy atom. The quantitative estimate of drug-likeness (QED) is 0.248. The van der Waals surface area contributed by atoms with Crippen LogP contribution in [0.15, 0.2) is 82.5 Å². The number of non-ortho nitro benzene ring substituents is 1. The van der Waals surface area contributed by atoms with Crippen molar-refractivity contribution >= 4 is 21.8 Å². The standard InChI is InChI=1S/C26H29N3O9S/c30-25(24(15-19-7-2-1-3-8-19)27-26(31)37-22-13-14-36-18-22)17-28(38-21-10-4-5-11-21)39(34,35)23-12-6-9-20(16-23)29(32)33/h1-3,6-9,12-14,16,18,21,24-25,30H,4-5,10-11,15,17H2,(H,27,31)/t24-,25-/m0/s1. The summed E-state index contributed by atoms with van der Waals surface area (Å²) in [5.41, 5.74) is 0.373. The van der Waals surface area contributed by atoms with Gasteiger partial charge in [0, 0.05) is 18.2 Å². The van der Waals surface area contributed by atoms with Crippen LogP contribution in [0.4, 0.5) is 10.5 Å². The van der Waals surface area contributed by atoms with E-state index in [1.807, 2.05) is 6.07 Å². The van der Waals surface area contributed by atoms with Gasteiger partial charge in [-0.15, -0.1) is 0 Å². The van der Waals surface area contributed by atoms with Crippen LogP contribution in [0.2, 0.25) is 0 Å². The average molecular weight is 560 g/mol. The Morgan fingerprint density at radius 2 is 1.90 bits per heavy atom. The molecular formula is C26H29N3O9S. The number of nitro benzene ring substituents is 1. The molecule has 1 heterocycles. The van der Waals surface area contributed by atoms with Crippen molar-refractivity contribution in [3.63, 3.8) is 0 Å². The zero-order valence-corrected chi connectivity index (χ0v) is 21.7. The van der Waals surface area contributed by atoms with E-state index in [0.717, 1.165) is 24.5 Å². The number of aliphatic hydroxyl groups is 1. The third kappa shape index (κ3) is 7.63. The van der Waals surface area contributed by atoms with Gasteiger partial charge in [0.05, 0.1) is 40.9 Å². The molecule has 13 heteroatoms. The number of aliphatic hydroxyl groups excluding tert-OH is 1. The lowest BCUT2D eigenvalue weighted by Crippen LogP contribution is -2.51. The number of carbonyl (C=O) groups is 1. The minimum Gasteiger partial charge on any atom is -0.469 e. The molecule has 0 aliphatic heterocycles. The molecule has 39 heavy (non-hydrogen) atoms. The monoisotopic (exact) mass is 559 g/mol. The molecule has 0 bridgehead atoms. The van der Waals surface area contributed by atoms with Gasteiger partial charge in [-0.2, -0.15) is 0 Å². The molecule has 2 N–H and O–H groups in total. The lowest BCUT2D eigenvalue weighted by atomic mass is 10.0. The summed E-state index contributed by atoms with van der Waals surface area (Å²) in [6.07, 6.45) is 2.94. The molecule has 12 nitrogen and oxygen atoms in total. The van der Waals surface area contributed by atoms with Gasteiger partial charge in [0.15, 0.2) is 5.75 Å². The number of ether oxygens (including phenoxy) is 1.